The highest BCUT2D eigenvalue weighted by atomic mass is 16.5. The van der Waals surface area contributed by atoms with Gasteiger partial charge >= 0.3 is 5.91 Å². The molecule has 0 aliphatic rings. The highest BCUT2D eigenvalue weighted by molar-refractivity contribution is 6.08. The van der Waals surface area contributed by atoms with E-state index in [1.54, 1.807) is 45.4 Å². The lowest BCUT2D eigenvalue weighted by Gasteiger charge is -2.12. The van der Waals surface area contributed by atoms with Crippen molar-refractivity contribution in [3.63, 3.8) is 0 Å². The molecule has 0 atom stereocenters. The van der Waals surface area contributed by atoms with Crippen molar-refractivity contribution in [2.75, 3.05) is 14.2 Å². The van der Waals surface area contributed by atoms with Gasteiger partial charge in [0.15, 0.2) is 11.5 Å². The zero-order valence-corrected chi connectivity index (χ0v) is 17.6. The Labute approximate surface area is 183 Å². The molecule has 9 heteroatoms. The fourth-order valence-electron chi connectivity index (χ4n) is 3.22. The number of hydrogen-bond donors (Lipinski definition) is 2. The number of ether oxygens (including phenoxy) is 2. The van der Waals surface area contributed by atoms with E-state index in [1.165, 1.54) is 6.07 Å². The Balaban J connectivity index is 1.68. The van der Waals surface area contributed by atoms with Gasteiger partial charge in [-0.3, -0.25) is 20.4 Å². The predicted molar refractivity (Wildman–Crippen MR) is 116 cm³/mol. The van der Waals surface area contributed by atoms with Crippen molar-refractivity contribution in [2.24, 2.45) is 0 Å². The van der Waals surface area contributed by atoms with Gasteiger partial charge < -0.3 is 14.0 Å². The Morgan fingerprint density at radius 2 is 1.66 bits per heavy atom. The molecule has 2 aromatic heterocycles. The van der Waals surface area contributed by atoms with E-state index in [-0.39, 0.29) is 5.76 Å². The largest absolute Gasteiger partial charge is 0.493 e. The zero-order chi connectivity index (χ0) is 22.7. The number of para-hydroxylation sites is 1. The van der Waals surface area contributed by atoms with Crippen molar-refractivity contribution >= 4 is 22.7 Å². The number of rotatable bonds is 5. The molecular formula is C23H20N4O5. The van der Waals surface area contributed by atoms with E-state index in [0.29, 0.717) is 39.4 Å². The molecule has 0 aliphatic carbocycles. The number of pyridine rings is 1. The van der Waals surface area contributed by atoms with E-state index in [9.17, 15) is 9.59 Å². The molecule has 2 amide bonds. The number of aryl methyl sites for hydroxylation is 1. The van der Waals surface area contributed by atoms with E-state index in [0.717, 1.165) is 5.56 Å². The topological polar surface area (TPSA) is 116 Å². The molecule has 2 aromatic carbocycles. The molecule has 0 radical (unpaired) electrons. The monoisotopic (exact) mass is 432 g/mol. The molecule has 9 nitrogen and oxygen atoms in total. The summed E-state index contributed by atoms with van der Waals surface area (Å²) in [5, 5.41) is 4.30. The molecular weight excluding hydrogens is 412 g/mol. The van der Waals surface area contributed by atoms with E-state index in [1.807, 2.05) is 24.3 Å². The van der Waals surface area contributed by atoms with Crippen LogP contribution in [0.5, 0.6) is 11.5 Å². The first kappa shape index (κ1) is 20.9. The Morgan fingerprint density at radius 1 is 0.906 bits per heavy atom. The van der Waals surface area contributed by atoms with Crippen LogP contribution in [-0.4, -0.2) is 36.2 Å². The first-order valence-electron chi connectivity index (χ1n) is 9.66. The maximum atomic E-state index is 13.0. The molecule has 0 saturated carbocycles. The second kappa shape index (κ2) is 8.76. The molecule has 0 spiro atoms. The summed E-state index contributed by atoms with van der Waals surface area (Å²) in [5.41, 5.74) is 7.59. The summed E-state index contributed by atoms with van der Waals surface area (Å²) in [6.45, 7) is 1.69. The van der Waals surface area contributed by atoms with Crippen LogP contribution in [0.1, 0.15) is 26.6 Å². The third kappa shape index (κ3) is 4.08. The van der Waals surface area contributed by atoms with Gasteiger partial charge in [0.2, 0.25) is 5.76 Å². The Kier molecular flexibility index (Phi) is 5.71. The summed E-state index contributed by atoms with van der Waals surface area (Å²) in [4.78, 5) is 29.8. The van der Waals surface area contributed by atoms with Crippen LogP contribution < -0.4 is 20.3 Å². The highest BCUT2D eigenvalue weighted by Gasteiger charge is 2.17. The number of fused-ring (bicyclic) bond motifs is 1. The second-order valence-corrected chi connectivity index (χ2v) is 6.88. The van der Waals surface area contributed by atoms with Crippen LogP contribution in [0.25, 0.3) is 22.2 Å². The summed E-state index contributed by atoms with van der Waals surface area (Å²) in [7, 11) is 3.11. The molecule has 0 fully saturated rings. The first-order chi connectivity index (χ1) is 15.5. The van der Waals surface area contributed by atoms with Gasteiger partial charge in [-0.25, -0.2) is 4.98 Å². The number of nitrogens with one attached hydrogen (secondary N) is 2. The smallest absolute Gasteiger partial charge is 0.308 e. The third-order valence-electron chi connectivity index (χ3n) is 4.78. The van der Waals surface area contributed by atoms with Gasteiger partial charge in [-0.15, -0.1) is 0 Å². The summed E-state index contributed by atoms with van der Waals surface area (Å²) < 4.78 is 15.6. The molecule has 2 N–H and O–H groups in total. The molecule has 0 saturated heterocycles. The van der Waals surface area contributed by atoms with Crippen LogP contribution in [0.4, 0.5) is 0 Å². The minimum atomic E-state index is -0.613. The van der Waals surface area contributed by atoms with Gasteiger partial charge in [-0.05, 0) is 37.3 Å². The van der Waals surface area contributed by atoms with E-state index in [2.05, 4.69) is 21.0 Å². The van der Waals surface area contributed by atoms with Crippen LogP contribution >= 0.6 is 0 Å². The van der Waals surface area contributed by atoms with Crippen molar-refractivity contribution in [1.82, 2.24) is 21.0 Å². The van der Waals surface area contributed by atoms with E-state index < -0.39 is 11.8 Å². The number of amides is 2. The van der Waals surface area contributed by atoms with Crippen molar-refractivity contribution in [3.8, 4) is 22.8 Å². The van der Waals surface area contributed by atoms with Gasteiger partial charge in [-0.1, -0.05) is 23.4 Å². The van der Waals surface area contributed by atoms with Crippen LogP contribution in [0.3, 0.4) is 0 Å². The van der Waals surface area contributed by atoms with Gasteiger partial charge in [-0.2, -0.15) is 0 Å². The lowest BCUT2D eigenvalue weighted by molar-refractivity contribution is 0.0826. The second-order valence-electron chi connectivity index (χ2n) is 6.88. The lowest BCUT2D eigenvalue weighted by atomic mass is 10.0. The molecule has 4 aromatic rings. The number of benzene rings is 2. The average Bonchev–Trinajstić information content (AvgIpc) is 3.27. The minimum Gasteiger partial charge on any atom is -0.493 e. The fraction of sp³-hybridized carbons (Fsp3) is 0.130. The first-order valence-corrected chi connectivity index (χ1v) is 9.66. The summed E-state index contributed by atoms with van der Waals surface area (Å²) >= 11 is 0. The van der Waals surface area contributed by atoms with Crippen LogP contribution in [0, 0.1) is 6.92 Å². The Morgan fingerprint density at radius 3 is 2.38 bits per heavy atom. The SMILES string of the molecule is COc1ccc(-c2cc(C(=O)NNC(=O)c3cc(C)no3)c3ccccc3n2)cc1OC. The number of carbonyl (C=O) groups excluding carboxylic acids is 2. The third-order valence-corrected chi connectivity index (χ3v) is 4.78. The van der Waals surface area contributed by atoms with Crippen molar-refractivity contribution in [1.29, 1.82) is 0 Å². The average molecular weight is 432 g/mol. The number of nitrogens with zero attached hydrogens (tertiary/aromatic N) is 2. The standard InChI is InChI=1S/C23H20N4O5/c1-13-10-21(32-27-13)23(29)26-25-22(28)16-12-18(24-17-7-5-4-6-15(16)17)14-8-9-19(30-2)20(11-14)31-3/h4-12H,1-3H3,(H,25,28)(H,26,29). The van der Waals surface area contributed by atoms with E-state index in [4.69, 9.17) is 14.0 Å². The quantitative estimate of drug-likeness (QED) is 0.465. The van der Waals surface area contributed by atoms with Crippen LogP contribution in [0.15, 0.2) is 59.1 Å². The number of carbonyl (C=O) groups is 2. The summed E-state index contributed by atoms with van der Waals surface area (Å²) in [6, 6.07) is 15.8. The summed E-state index contributed by atoms with van der Waals surface area (Å²) in [6.07, 6.45) is 0. The zero-order valence-electron chi connectivity index (χ0n) is 17.6. The molecule has 4 rings (SSSR count). The number of aromatic nitrogens is 2. The van der Waals surface area contributed by atoms with Gasteiger partial charge in [0, 0.05) is 17.0 Å². The molecule has 162 valence electrons. The minimum absolute atomic E-state index is 0.00611. The van der Waals surface area contributed by atoms with Crippen LogP contribution in [-0.2, 0) is 0 Å². The number of hydrogen-bond acceptors (Lipinski definition) is 7. The number of hydrazine groups is 1. The lowest BCUT2D eigenvalue weighted by Crippen LogP contribution is -2.41. The van der Waals surface area contributed by atoms with Crippen LogP contribution in [0.2, 0.25) is 0 Å². The maximum absolute atomic E-state index is 13.0. The molecule has 0 bridgehead atoms. The fourth-order valence-corrected chi connectivity index (χ4v) is 3.22. The predicted octanol–water partition coefficient (Wildman–Crippen LogP) is 3.29. The number of methoxy groups -OCH3 is 2. The normalized spacial score (nSPS) is 10.6. The highest BCUT2D eigenvalue weighted by Crippen LogP contribution is 2.33. The van der Waals surface area contributed by atoms with Gasteiger partial charge in [0.1, 0.15) is 0 Å². The molecule has 0 unspecified atom stereocenters. The molecule has 32 heavy (non-hydrogen) atoms. The van der Waals surface area contributed by atoms with Gasteiger partial charge in [0.05, 0.1) is 36.7 Å². The maximum Gasteiger partial charge on any atom is 0.308 e. The van der Waals surface area contributed by atoms with Crippen molar-refractivity contribution in [2.45, 2.75) is 6.92 Å². The Bertz CT molecular complexity index is 1310. The van der Waals surface area contributed by atoms with Crippen molar-refractivity contribution < 1.29 is 23.6 Å². The van der Waals surface area contributed by atoms with E-state index >= 15 is 0 Å². The van der Waals surface area contributed by atoms with Crippen molar-refractivity contribution in [3.05, 3.63) is 71.6 Å². The Hall–Kier alpha value is -4.40. The van der Waals surface area contributed by atoms with Gasteiger partial charge in [0.25, 0.3) is 5.91 Å². The molecule has 2 heterocycles. The molecule has 0 aliphatic heterocycles. The summed E-state index contributed by atoms with van der Waals surface area (Å²) in [5.74, 6) is 0.00156.